The minimum atomic E-state index is -1.02. The first-order chi connectivity index (χ1) is 9.60. The molecule has 1 aromatic carbocycles. The molecule has 0 bridgehead atoms. The fourth-order valence-electron chi connectivity index (χ4n) is 1.78. The molecule has 5 nitrogen and oxygen atoms in total. The molecule has 1 aromatic rings. The molecule has 1 aliphatic rings. The number of rotatable bonds is 7. The number of carbonyl (C=O) groups is 2. The molecule has 1 aliphatic carbocycles. The van der Waals surface area contributed by atoms with Gasteiger partial charge in [-0.1, -0.05) is 6.92 Å². The summed E-state index contributed by atoms with van der Waals surface area (Å²) in [5, 5.41) is 11.4. The maximum absolute atomic E-state index is 11.9. The number of amides is 1. The maximum atomic E-state index is 11.9. The number of carbonyl (C=O) groups excluding carboxylic acids is 1. The second-order valence-electron chi connectivity index (χ2n) is 5.05. The SMILES string of the molecule is CCC(NC(=O)c1ccc(OCC2CC2)cc1)C(=O)O. The van der Waals surface area contributed by atoms with E-state index in [1.54, 1.807) is 31.2 Å². The van der Waals surface area contributed by atoms with Crippen molar-refractivity contribution in [3.63, 3.8) is 0 Å². The summed E-state index contributed by atoms with van der Waals surface area (Å²) in [6.45, 7) is 2.44. The van der Waals surface area contributed by atoms with Gasteiger partial charge in [0.1, 0.15) is 11.8 Å². The molecule has 0 heterocycles. The Kier molecular flexibility index (Phi) is 4.61. The zero-order chi connectivity index (χ0) is 14.5. The lowest BCUT2D eigenvalue weighted by molar-refractivity contribution is -0.139. The van der Waals surface area contributed by atoms with Crippen molar-refractivity contribution in [2.45, 2.75) is 32.2 Å². The largest absolute Gasteiger partial charge is 0.493 e. The van der Waals surface area contributed by atoms with Crippen molar-refractivity contribution in [3.8, 4) is 5.75 Å². The average molecular weight is 277 g/mol. The molecule has 5 heteroatoms. The number of hydrogen-bond donors (Lipinski definition) is 2. The summed E-state index contributed by atoms with van der Waals surface area (Å²) in [5.74, 6) is 0.0100. The van der Waals surface area contributed by atoms with Gasteiger partial charge in [0, 0.05) is 5.56 Å². The van der Waals surface area contributed by atoms with Crippen molar-refractivity contribution in [2.75, 3.05) is 6.61 Å². The molecule has 0 radical (unpaired) electrons. The third-order valence-corrected chi connectivity index (χ3v) is 3.31. The third-order valence-electron chi connectivity index (χ3n) is 3.31. The molecule has 1 atom stereocenters. The Morgan fingerprint density at radius 3 is 2.50 bits per heavy atom. The van der Waals surface area contributed by atoms with Crippen LogP contribution in [0.3, 0.4) is 0 Å². The Bertz CT molecular complexity index is 479. The standard InChI is InChI=1S/C15H19NO4/c1-2-13(15(18)19)16-14(17)11-5-7-12(8-6-11)20-9-10-3-4-10/h5-8,10,13H,2-4,9H2,1H3,(H,16,17)(H,18,19). The first-order valence-electron chi connectivity index (χ1n) is 6.86. The van der Waals surface area contributed by atoms with Crippen molar-refractivity contribution in [1.29, 1.82) is 0 Å². The number of carboxylic acids is 1. The van der Waals surface area contributed by atoms with E-state index in [-0.39, 0.29) is 5.91 Å². The van der Waals surface area contributed by atoms with Gasteiger partial charge in [-0.2, -0.15) is 0 Å². The Labute approximate surface area is 117 Å². The van der Waals surface area contributed by atoms with E-state index in [0.717, 1.165) is 12.4 Å². The van der Waals surface area contributed by atoms with Gasteiger partial charge in [0.2, 0.25) is 0 Å². The van der Waals surface area contributed by atoms with Gasteiger partial charge in [-0.3, -0.25) is 4.79 Å². The van der Waals surface area contributed by atoms with Crippen LogP contribution in [0.1, 0.15) is 36.5 Å². The quantitative estimate of drug-likeness (QED) is 0.800. The van der Waals surface area contributed by atoms with Crippen LogP contribution in [0.15, 0.2) is 24.3 Å². The van der Waals surface area contributed by atoms with Gasteiger partial charge in [0.25, 0.3) is 5.91 Å². The average Bonchev–Trinajstić information content (AvgIpc) is 3.26. The second kappa shape index (κ2) is 6.41. The molecule has 1 unspecified atom stereocenters. The molecule has 0 saturated heterocycles. The summed E-state index contributed by atoms with van der Waals surface area (Å²) < 4.78 is 5.58. The van der Waals surface area contributed by atoms with Gasteiger partial charge in [-0.05, 0) is 49.4 Å². The fraction of sp³-hybridized carbons (Fsp3) is 0.467. The van der Waals surface area contributed by atoms with Crippen LogP contribution in [-0.2, 0) is 4.79 Å². The van der Waals surface area contributed by atoms with Crippen molar-refractivity contribution in [2.24, 2.45) is 5.92 Å². The maximum Gasteiger partial charge on any atom is 0.326 e. The number of benzene rings is 1. The lowest BCUT2D eigenvalue weighted by Crippen LogP contribution is -2.40. The molecule has 0 spiro atoms. The number of hydrogen-bond acceptors (Lipinski definition) is 3. The van der Waals surface area contributed by atoms with E-state index in [0.29, 0.717) is 17.9 Å². The molecular formula is C15H19NO4. The molecule has 1 fully saturated rings. The summed E-state index contributed by atoms with van der Waals surface area (Å²) in [5.41, 5.74) is 0.434. The smallest absolute Gasteiger partial charge is 0.326 e. The summed E-state index contributed by atoms with van der Waals surface area (Å²) >= 11 is 0. The molecule has 2 rings (SSSR count). The Hall–Kier alpha value is -2.04. The highest BCUT2D eigenvalue weighted by Crippen LogP contribution is 2.29. The topological polar surface area (TPSA) is 75.6 Å². The highest BCUT2D eigenvalue weighted by atomic mass is 16.5. The Morgan fingerprint density at radius 2 is 2.00 bits per heavy atom. The van der Waals surface area contributed by atoms with Gasteiger partial charge in [-0.15, -0.1) is 0 Å². The fourth-order valence-corrected chi connectivity index (χ4v) is 1.78. The van der Waals surface area contributed by atoms with Gasteiger partial charge < -0.3 is 15.2 Å². The second-order valence-corrected chi connectivity index (χ2v) is 5.05. The molecule has 20 heavy (non-hydrogen) atoms. The predicted molar refractivity (Wildman–Crippen MR) is 73.8 cm³/mol. The van der Waals surface area contributed by atoms with Gasteiger partial charge in [0.05, 0.1) is 6.61 Å². The number of nitrogens with one attached hydrogen (secondary N) is 1. The molecule has 2 N–H and O–H groups in total. The highest BCUT2D eigenvalue weighted by Gasteiger charge is 2.22. The number of ether oxygens (including phenoxy) is 1. The number of carboxylic acid groups (broad SMARTS) is 1. The Morgan fingerprint density at radius 1 is 1.35 bits per heavy atom. The van der Waals surface area contributed by atoms with Crippen LogP contribution in [0, 0.1) is 5.92 Å². The monoisotopic (exact) mass is 277 g/mol. The molecule has 0 aliphatic heterocycles. The molecule has 0 aromatic heterocycles. The van der Waals surface area contributed by atoms with Gasteiger partial charge >= 0.3 is 5.97 Å². The van der Waals surface area contributed by atoms with Crippen molar-refractivity contribution in [1.82, 2.24) is 5.32 Å². The van der Waals surface area contributed by atoms with E-state index in [1.807, 2.05) is 0 Å². The lowest BCUT2D eigenvalue weighted by Gasteiger charge is -2.12. The van der Waals surface area contributed by atoms with Crippen LogP contribution in [0.2, 0.25) is 0 Å². The predicted octanol–water partition coefficient (Wildman–Crippen LogP) is 2.07. The molecule has 1 amide bonds. The van der Waals surface area contributed by atoms with E-state index in [2.05, 4.69) is 5.32 Å². The van der Waals surface area contributed by atoms with Crippen LogP contribution >= 0.6 is 0 Å². The summed E-state index contributed by atoms with van der Waals surface area (Å²) in [6, 6.07) is 5.91. The van der Waals surface area contributed by atoms with Crippen LogP contribution in [0.4, 0.5) is 0 Å². The minimum Gasteiger partial charge on any atom is -0.493 e. The summed E-state index contributed by atoms with van der Waals surface area (Å²) in [4.78, 5) is 22.8. The Balaban J connectivity index is 1.90. The zero-order valence-electron chi connectivity index (χ0n) is 11.5. The normalized spacial score (nSPS) is 15.4. The van der Waals surface area contributed by atoms with Crippen LogP contribution < -0.4 is 10.1 Å². The van der Waals surface area contributed by atoms with Crippen LogP contribution in [0.5, 0.6) is 5.75 Å². The number of aliphatic carboxylic acids is 1. The van der Waals surface area contributed by atoms with Gasteiger partial charge in [-0.25, -0.2) is 4.79 Å². The molecule has 1 saturated carbocycles. The highest BCUT2D eigenvalue weighted by molar-refractivity contribution is 5.96. The van der Waals surface area contributed by atoms with Crippen molar-refractivity contribution < 1.29 is 19.4 Å². The summed E-state index contributed by atoms with van der Waals surface area (Å²) in [7, 11) is 0. The lowest BCUT2D eigenvalue weighted by atomic mass is 10.1. The van der Waals surface area contributed by atoms with E-state index in [4.69, 9.17) is 9.84 Å². The first kappa shape index (κ1) is 14.4. The zero-order valence-corrected chi connectivity index (χ0v) is 11.5. The third kappa shape index (κ3) is 3.98. The van der Waals surface area contributed by atoms with Crippen LogP contribution in [-0.4, -0.2) is 29.6 Å². The van der Waals surface area contributed by atoms with Crippen LogP contribution in [0.25, 0.3) is 0 Å². The minimum absolute atomic E-state index is 0.351. The van der Waals surface area contributed by atoms with Crippen molar-refractivity contribution >= 4 is 11.9 Å². The van der Waals surface area contributed by atoms with Crippen molar-refractivity contribution in [3.05, 3.63) is 29.8 Å². The molecular weight excluding hydrogens is 258 g/mol. The summed E-state index contributed by atoms with van der Waals surface area (Å²) in [6.07, 6.45) is 2.81. The molecule has 108 valence electrons. The van der Waals surface area contributed by atoms with E-state index in [9.17, 15) is 9.59 Å². The van der Waals surface area contributed by atoms with E-state index >= 15 is 0 Å². The van der Waals surface area contributed by atoms with E-state index < -0.39 is 12.0 Å². The van der Waals surface area contributed by atoms with Gasteiger partial charge in [0.15, 0.2) is 0 Å². The van der Waals surface area contributed by atoms with E-state index in [1.165, 1.54) is 12.8 Å². The first-order valence-corrected chi connectivity index (χ1v) is 6.86.